The van der Waals surface area contributed by atoms with Crippen molar-refractivity contribution in [3.8, 4) is 5.75 Å². The predicted molar refractivity (Wildman–Crippen MR) is 112 cm³/mol. The fourth-order valence-corrected chi connectivity index (χ4v) is 4.48. The van der Waals surface area contributed by atoms with E-state index < -0.39 is 0 Å². The molecule has 2 heterocycles. The summed E-state index contributed by atoms with van der Waals surface area (Å²) in [6.07, 6.45) is 0. The van der Waals surface area contributed by atoms with Gasteiger partial charge in [0.15, 0.2) is 0 Å². The Morgan fingerprint density at radius 2 is 1.90 bits per heavy atom. The number of hydrogen-bond acceptors (Lipinski definition) is 4. The van der Waals surface area contributed by atoms with E-state index in [1.165, 1.54) is 4.90 Å². The van der Waals surface area contributed by atoms with E-state index in [9.17, 15) is 14.7 Å². The number of halogens is 1. The number of fused-ring (bicyclic) bond motifs is 1. The molecular formula is C21H22BrN3O4. The third-order valence-electron chi connectivity index (χ3n) is 5.64. The van der Waals surface area contributed by atoms with Crippen LogP contribution in [0.15, 0.2) is 53.0 Å². The summed E-state index contributed by atoms with van der Waals surface area (Å²) in [6.45, 7) is 0.327. The number of aliphatic hydroxyl groups excluding tert-OH is 1. The van der Waals surface area contributed by atoms with E-state index in [0.717, 1.165) is 10.0 Å². The van der Waals surface area contributed by atoms with Gasteiger partial charge in [-0.1, -0.05) is 28.1 Å². The van der Waals surface area contributed by atoms with Crippen molar-refractivity contribution in [1.82, 2.24) is 9.80 Å². The van der Waals surface area contributed by atoms with Crippen molar-refractivity contribution in [1.29, 1.82) is 0 Å². The Morgan fingerprint density at radius 1 is 1.21 bits per heavy atom. The lowest BCUT2D eigenvalue weighted by atomic mass is 9.74. The van der Waals surface area contributed by atoms with Gasteiger partial charge in [-0.05, 0) is 42.0 Å². The van der Waals surface area contributed by atoms with E-state index in [-0.39, 0.29) is 43.1 Å². The van der Waals surface area contributed by atoms with Crippen LogP contribution in [0.25, 0.3) is 0 Å². The van der Waals surface area contributed by atoms with Gasteiger partial charge in [0.25, 0.3) is 0 Å². The highest BCUT2D eigenvalue weighted by atomic mass is 79.9. The highest BCUT2D eigenvalue weighted by molar-refractivity contribution is 9.10. The number of ether oxygens (including phenoxy) is 1. The number of nitrogens with zero attached hydrogens (tertiary/aromatic N) is 2. The maximum Gasteiger partial charge on any atom is 0.322 e. The van der Waals surface area contributed by atoms with Crippen LogP contribution in [0, 0.1) is 0 Å². The van der Waals surface area contributed by atoms with Crippen molar-refractivity contribution < 1.29 is 19.4 Å². The zero-order chi connectivity index (χ0) is 20.5. The predicted octanol–water partition coefficient (Wildman–Crippen LogP) is 2.66. The number of rotatable bonds is 4. The number of methoxy groups -OCH3 is 1. The molecule has 8 heteroatoms. The number of carbonyl (C=O) groups excluding carboxylic acids is 2. The van der Waals surface area contributed by atoms with Crippen LogP contribution < -0.4 is 10.1 Å². The largest absolute Gasteiger partial charge is 0.497 e. The topological polar surface area (TPSA) is 82.1 Å². The Balaban J connectivity index is 1.49. The number of benzene rings is 2. The molecular weight excluding hydrogens is 438 g/mol. The van der Waals surface area contributed by atoms with Crippen molar-refractivity contribution in [2.45, 2.75) is 18.0 Å². The van der Waals surface area contributed by atoms with Gasteiger partial charge in [0.2, 0.25) is 5.91 Å². The van der Waals surface area contributed by atoms with Gasteiger partial charge in [-0.2, -0.15) is 0 Å². The molecule has 2 aromatic carbocycles. The molecule has 3 atom stereocenters. The fourth-order valence-electron chi connectivity index (χ4n) is 4.22. The number of piperazine rings is 1. The molecule has 0 bridgehead atoms. The van der Waals surface area contributed by atoms with Crippen molar-refractivity contribution in [2.24, 2.45) is 0 Å². The molecule has 2 aliphatic rings. The Hall–Kier alpha value is -2.58. The molecule has 0 radical (unpaired) electrons. The molecule has 152 valence electrons. The van der Waals surface area contributed by atoms with Crippen LogP contribution in [0.4, 0.5) is 10.5 Å². The van der Waals surface area contributed by atoms with Gasteiger partial charge in [-0.3, -0.25) is 4.79 Å². The first kappa shape index (κ1) is 19.7. The van der Waals surface area contributed by atoms with Gasteiger partial charge < -0.3 is 25.0 Å². The first-order valence-electron chi connectivity index (χ1n) is 9.39. The number of nitrogens with one attached hydrogen (secondary N) is 1. The van der Waals surface area contributed by atoms with Gasteiger partial charge in [-0.15, -0.1) is 0 Å². The monoisotopic (exact) mass is 459 g/mol. The zero-order valence-corrected chi connectivity index (χ0v) is 17.5. The van der Waals surface area contributed by atoms with Crippen molar-refractivity contribution in [2.75, 3.05) is 32.1 Å². The number of urea groups is 1. The molecule has 7 nitrogen and oxygen atoms in total. The maximum absolute atomic E-state index is 12.7. The molecule has 2 aromatic rings. The summed E-state index contributed by atoms with van der Waals surface area (Å²) in [5.74, 6) is 0.556. The average molecular weight is 460 g/mol. The van der Waals surface area contributed by atoms with Gasteiger partial charge >= 0.3 is 6.03 Å². The first-order chi connectivity index (χ1) is 14.0. The molecule has 2 fully saturated rings. The lowest BCUT2D eigenvalue weighted by Crippen LogP contribution is -2.73. The Labute approximate surface area is 177 Å². The summed E-state index contributed by atoms with van der Waals surface area (Å²) in [7, 11) is 1.58. The Kier molecular flexibility index (Phi) is 5.47. The summed E-state index contributed by atoms with van der Waals surface area (Å²) < 4.78 is 6.09. The van der Waals surface area contributed by atoms with Crippen LogP contribution in [-0.2, 0) is 4.79 Å². The summed E-state index contributed by atoms with van der Waals surface area (Å²) in [5, 5.41) is 12.7. The third kappa shape index (κ3) is 3.70. The Morgan fingerprint density at radius 3 is 2.52 bits per heavy atom. The summed E-state index contributed by atoms with van der Waals surface area (Å²) in [5.41, 5.74) is 1.69. The highest BCUT2D eigenvalue weighted by Crippen LogP contribution is 2.43. The molecule has 4 rings (SSSR count). The summed E-state index contributed by atoms with van der Waals surface area (Å²) in [4.78, 5) is 28.7. The second-order valence-corrected chi connectivity index (χ2v) is 8.15. The van der Waals surface area contributed by atoms with Crippen LogP contribution in [0.2, 0.25) is 0 Å². The molecule has 0 spiro atoms. The third-order valence-corrected chi connectivity index (χ3v) is 6.16. The summed E-state index contributed by atoms with van der Waals surface area (Å²) >= 11 is 3.43. The minimum absolute atomic E-state index is 0.00203. The number of aliphatic hydroxyl groups is 1. The molecule has 0 aliphatic carbocycles. The minimum atomic E-state index is -0.315. The van der Waals surface area contributed by atoms with Crippen molar-refractivity contribution in [3.63, 3.8) is 0 Å². The zero-order valence-electron chi connectivity index (χ0n) is 15.9. The second-order valence-electron chi connectivity index (χ2n) is 7.23. The van der Waals surface area contributed by atoms with Gasteiger partial charge in [0, 0.05) is 22.6 Å². The lowest BCUT2D eigenvalue weighted by Gasteiger charge is -2.58. The molecule has 2 aliphatic heterocycles. The van der Waals surface area contributed by atoms with Gasteiger partial charge in [0.05, 0.1) is 25.8 Å². The molecule has 3 amide bonds. The van der Waals surface area contributed by atoms with Gasteiger partial charge in [-0.25, -0.2) is 4.79 Å². The Bertz CT molecular complexity index is 903. The second kappa shape index (κ2) is 8.04. The standard InChI is InChI=1S/C21H22BrN3O4/c1-29-16-8-6-15(7-9-16)23-21(28)24-10-17-20(13-2-4-14(22)5-3-13)18(12-26)25(17)19(27)11-24/h2-9,17-18,20,26H,10-12H2,1H3,(H,23,28)/t17-,18+,20+/m1/s1. The van der Waals surface area contributed by atoms with Crippen LogP contribution in [0.5, 0.6) is 5.75 Å². The smallest absolute Gasteiger partial charge is 0.322 e. The number of amides is 3. The number of hydrogen-bond donors (Lipinski definition) is 2. The molecule has 29 heavy (non-hydrogen) atoms. The molecule has 0 aromatic heterocycles. The molecule has 0 saturated carbocycles. The number of anilines is 1. The number of carbonyl (C=O) groups is 2. The normalized spacial score (nSPS) is 23.3. The van der Waals surface area contributed by atoms with Crippen molar-refractivity contribution in [3.05, 3.63) is 58.6 Å². The van der Waals surface area contributed by atoms with E-state index in [0.29, 0.717) is 18.0 Å². The van der Waals surface area contributed by atoms with Gasteiger partial charge in [0.1, 0.15) is 12.3 Å². The average Bonchev–Trinajstić information content (AvgIpc) is 2.71. The minimum Gasteiger partial charge on any atom is -0.497 e. The fraction of sp³-hybridized carbons (Fsp3) is 0.333. The first-order valence-corrected chi connectivity index (χ1v) is 10.2. The molecule has 0 unspecified atom stereocenters. The molecule has 2 N–H and O–H groups in total. The maximum atomic E-state index is 12.7. The van der Waals surface area contributed by atoms with Crippen LogP contribution in [-0.4, -0.2) is 65.7 Å². The quantitative estimate of drug-likeness (QED) is 0.736. The summed E-state index contributed by atoms with van der Waals surface area (Å²) in [6, 6.07) is 14.2. The lowest BCUT2D eigenvalue weighted by molar-refractivity contribution is -0.159. The van der Waals surface area contributed by atoms with E-state index in [4.69, 9.17) is 4.74 Å². The van der Waals surface area contributed by atoms with E-state index >= 15 is 0 Å². The van der Waals surface area contributed by atoms with E-state index in [2.05, 4.69) is 21.2 Å². The SMILES string of the molecule is COc1ccc(NC(=O)N2CC(=O)N3[C@H](C2)[C@H](c2ccc(Br)cc2)[C@@H]3CO)cc1. The van der Waals surface area contributed by atoms with Crippen LogP contribution in [0.1, 0.15) is 11.5 Å². The highest BCUT2D eigenvalue weighted by Gasteiger charge is 2.54. The van der Waals surface area contributed by atoms with E-state index in [1.54, 1.807) is 36.3 Å². The molecule has 2 saturated heterocycles. The van der Waals surface area contributed by atoms with Crippen molar-refractivity contribution >= 4 is 33.6 Å². The van der Waals surface area contributed by atoms with E-state index in [1.807, 2.05) is 24.3 Å². The van der Waals surface area contributed by atoms with Crippen LogP contribution >= 0.6 is 15.9 Å². The van der Waals surface area contributed by atoms with Crippen LogP contribution in [0.3, 0.4) is 0 Å².